The van der Waals surface area contributed by atoms with Gasteiger partial charge in [0.1, 0.15) is 0 Å². The molecular weight excluding hydrogens is 396 g/mol. The lowest BCUT2D eigenvalue weighted by atomic mass is 10.1. The van der Waals surface area contributed by atoms with Crippen molar-refractivity contribution in [2.24, 2.45) is 0 Å². The van der Waals surface area contributed by atoms with Crippen LogP contribution in [0.4, 0.5) is 11.4 Å². The van der Waals surface area contributed by atoms with E-state index in [0.29, 0.717) is 5.56 Å². The summed E-state index contributed by atoms with van der Waals surface area (Å²) in [6, 6.07) is 18.2. The average molecular weight is 415 g/mol. The molecule has 0 spiro atoms. The SMILES string of the molecule is Cc1ccc(C)c(NC(=O)c2ccc(NS(=O)(=O)c3ccccc3)c(Cl)c2)c1. The van der Waals surface area contributed by atoms with E-state index in [9.17, 15) is 13.2 Å². The van der Waals surface area contributed by atoms with Crippen molar-refractivity contribution in [3.8, 4) is 0 Å². The summed E-state index contributed by atoms with van der Waals surface area (Å²) in [6.45, 7) is 3.85. The largest absolute Gasteiger partial charge is 0.322 e. The fourth-order valence-corrected chi connectivity index (χ4v) is 3.99. The first-order valence-corrected chi connectivity index (χ1v) is 10.4. The molecule has 28 heavy (non-hydrogen) atoms. The minimum Gasteiger partial charge on any atom is -0.322 e. The lowest BCUT2D eigenvalue weighted by Crippen LogP contribution is -2.15. The van der Waals surface area contributed by atoms with Gasteiger partial charge in [-0.1, -0.05) is 41.9 Å². The van der Waals surface area contributed by atoms with Gasteiger partial charge in [-0.25, -0.2) is 8.42 Å². The van der Waals surface area contributed by atoms with E-state index in [1.807, 2.05) is 32.0 Å². The summed E-state index contributed by atoms with van der Waals surface area (Å²) in [7, 11) is -3.76. The Labute approximate surface area is 169 Å². The van der Waals surface area contributed by atoms with Gasteiger partial charge in [-0.15, -0.1) is 0 Å². The van der Waals surface area contributed by atoms with Gasteiger partial charge in [0.15, 0.2) is 0 Å². The van der Waals surface area contributed by atoms with Crippen molar-refractivity contribution in [1.29, 1.82) is 0 Å². The third-order valence-electron chi connectivity index (χ3n) is 4.17. The van der Waals surface area contributed by atoms with E-state index < -0.39 is 10.0 Å². The molecule has 0 heterocycles. The molecule has 0 aromatic heterocycles. The molecule has 0 fully saturated rings. The molecule has 3 aromatic carbocycles. The highest BCUT2D eigenvalue weighted by molar-refractivity contribution is 7.92. The smallest absolute Gasteiger partial charge is 0.261 e. The van der Waals surface area contributed by atoms with E-state index in [1.54, 1.807) is 18.2 Å². The number of anilines is 2. The van der Waals surface area contributed by atoms with Crippen LogP contribution < -0.4 is 10.0 Å². The van der Waals surface area contributed by atoms with Gasteiger partial charge in [-0.2, -0.15) is 0 Å². The van der Waals surface area contributed by atoms with E-state index in [2.05, 4.69) is 10.0 Å². The normalized spacial score (nSPS) is 11.1. The van der Waals surface area contributed by atoms with Crippen LogP contribution in [0.5, 0.6) is 0 Å². The number of sulfonamides is 1. The summed E-state index contributed by atoms with van der Waals surface area (Å²) >= 11 is 6.22. The maximum atomic E-state index is 12.5. The summed E-state index contributed by atoms with van der Waals surface area (Å²) in [6.07, 6.45) is 0. The number of benzene rings is 3. The van der Waals surface area contributed by atoms with E-state index in [1.165, 1.54) is 30.3 Å². The van der Waals surface area contributed by atoms with Crippen molar-refractivity contribution in [2.45, 2.75) is 18.7 Å². The molecule has 3 aromatic rings. The molecule has 0 saturated carbocycles. The van der Waals surface area contributed by atoms with Gasteiger partial charge < -0.3 is 5.32 Å². The zero-order valence-electron chi connectivity index (χ0n) is 15.4. The van der Waals surface area contributed by atoms with E-state index in [-0.39, 0.29) is 21.5 Å². The first-order chi connectivity index (χ1) is 13.3. The lowest BCUT2D eigenvalue weighted by molar-refractivity contribution is 0.102. The number of halogens is 1. The maximum absolute atomic E-state index is 12.5. The summed E-state index contributed by atoms with van der Waals surface area (Å²) < 4.78 is 27.3. The zero-order chi connectivity index (χ0) is 20.3. The van der Waals surface area contributed by atoms with Gasteiger partial charge in [0.2, 0.25) is 0 Å². The highest BCUT2D eigenvalue weighted by Crippen LogP contribution is 2.26. The zero-order valence-corrected chi connectivity index (χ0v) is 16.9. The number of carbonyl (C=O) groups excluding carboxylic acids is 1. The van der Waals surface area contributed by atoms with E-state index in [0.717, 1.165) is 16.8 Å². The van der Waals surface area contributed by atoms with Crippen molar-refractivity contribution < 1.29 is 13.2 Å². The third-order valence-corrected chi connectivity index (χ3v) is 5.86. The van der Waals surface area contributed by atoms with Crippen LogP contribution in [0.1, 0.15) is 21.5 Å². The Morgan fingerprint density at radius 3 is 2.29 bits per heavy atom. The Bertz CT molecular complexity index is 1130. The highest BCUT2D eigenvalue weighted by Gasteiger charge is 2.17. The van der Waals surface area contributed by atoms with Gasteiger partial charge in [-0.3, -0.25) is 9.52 Å². The molecule has 2 N–H and O–H groups in total. The van der Waals surface area contributed by atoms with Crippen LogP contribution in [0.3, 0.4) is 0 Å². The Hall–Kier alpha value is -2.83. The Morgan fingerprint density at radius 2 is 1.61 bits per heavy atom. The molecular formula is C21H19ClN2O3S. The Morgan fingerprint density at radius 1 is 0.893 bits per heavy atom. The minimum absolute atomic E-state index is 0.128. The Kier molecular flexibility index (Phi) is 5.72. The topological polar surface area (TPSA) is 75.3 Å². The van der Waals surface area contributed by atoms with Crippen LogP contribution in [-0.2, 0) is 10.0 Å². The van der Waals surface area contributed by atoms with Crippen molar-refractivity contribution >= 4 is 38.9 Å². The first kappa shape index (κ1) is 19.9. The highest BCUT2D eigenvalue weighted by atomic mass is 35.5. The molecule has 3 rings (SSSR count). The molecule has 144 valence electrons. The molecule has 0 aliphatic carbocycles. The second-order valence-corrected chi connectivity index (χ2v) is 8.48. The number of carbonyl (C=O) groups is 1. The maximum Gasteiger partial charge on any atom is 0.261 e. The second-order valence-electron chi connectivity index (χ2n) is 6.39. The second kappa shape index (κ2) is 8.04. The van der Waals surface area contributed by atoms with Crippen LogP contribution >= 0.6 is 11.6 Å². The molecule has 7 heteroatoms. The first-order valence-electron chi connectivity index (χ1n) is 8.52. The van der Waals surface area contributed by atoms with Crippen LogP contribution in [0.2, 0.25) is 5.02 Å². The third kappa shape index (κ3) is 4.52. The van der Waals surface area contributed by atoms with Gasteiger partial charge in [0, 0.05) is 11.3 Å². The molecule has 0 aliphatic rings. The molecule has 0 aliphatic heterocycles. The van der Waals surface area contributed by atoms with Crippen LogP contribution in [-0.4, -0.2) is 14.3 Å². The monoisotopic (exact) mass is 414 g/mol. The summed E-state index contributed by atoms with van der Waals surface area (Å²) in [5.41, 5.74) is 3.22. The average Bonchev–Trinajstić information content (AvgIpc) is 2.67. The molecule has 5 nitrogen and oxygen atoms in total. The van der Waals surface area contributed by atoms with Crippen molar-refractivity contribution in [3.05, 3.63) is 88.4 Å². The molecule has 0 radical (unpaired) electrons. The summed E-state index contributed by atoms with van der Waals surface area (Å²) in [4.78, 5) is 12.7. The predicted molar refractivity (Wildman–Crippen MR) is 113 cm³/mol. The summed E-state index contributed by atoms with van der Waals surface area (Å²) in [5.74, 6) is -0.326. The quantitative estimate of drug-likeness (QED) is 0.616. The number of hydrogen-bond acceptors (Lipinski definition) is 3. The summed E-state index contributed by atoms with van der Waals surface area (Å²) in [5, 5.41) is 2.98. The fourth-order valence-electron chi connectivity index (χ4n) is 2.61. The van der Waals surface area contributed by atoms with E-state index >= 15 is 0 Å². The minimum atomic E-state index is -3.76. The molecule has 0 atom stereocenters. The van der Waals surface area contributed by atoms with Crippen LogP contribution in [0.25, 0.3) is 0 Å². The molecule has 0 unspecified atom stereocenters. The molecule has 0 bridgehead atoms. The van der Waals surface area contributed by atoms with Gasteiger partial charge in [-0.05, 0) is 61.4 Å². The van der Waals surface area contributed by atoms with Crippen LogP contribution in [0, 0.1) is 13.8 Å². The van der Waals surface area contributed by atoms with Gasteiger partial charge in [0.25, 0.3) is 15.9 Å². The van der Waals surface area contributed by atoms with Gasteiger partial charge in [0.05, 0.1) is 15.6 Å². The number of rotatable bonds is 5. The van der Waals surface area contributed by atoms with Crippen molar-refractivity contribution in [3.63, 3.8) is 0 Å². The molecule has 0 saturated heterocycles. The van der Waals surface area contributed by atoms with Gasteiger partial charge >= 0.3 is 0 Å². The number of hydrogen-bond donors (Lipinski definition) is 2. The number of nitrogens with one attached hydrogen (secondary N) is 2. The predicted octanol–water partition coefficient (Wildman–Crippen LogP) is 5.01. The number of aryl methyl sites for hydroxylation is 2. The van der Waals surface area contributed by atoms with Crippen molar-refractivity contribution in [1.82, 2.24) is 0 Å². The number of amides is 1. The van der Waals surface area contributed by atoms with Crippen molar-refractivity contribution in [2.75, 3.05) is 10.0 Å². The lowest BCUT2D eigenvalue weighted by Gasteiger charge is -2.12. The molecule has 1 amide bonds. The van der Waals surface area contributed by atoms with E-state index in [4.69, 9.17) is 11.6 Å². The Balaban J connectivity index is 1.80. The fraction of sp³-hybridized carbons (Fsp3) is 0.0952. The standard InChI is InChI=1S/C21H19ClN2O3S/c1-14-8-9-15(2)20(12-14)23-21(25)16-10-11-19(18(22)13-16)24-28(26,27)17-6-4-3-5-7-17/h3-13,24H,1-2H3,(H,23,25). The van der Waals surface area contributed by atoms with Crippen LogP contribution in [0.15, 0.2) is 71.6 Å².